The summed E-state index contributed by atoms with van der Waals surface area (Å²) in [5.74, 6) is -7.91. The molecule has 0 spiro atoms. The molecular formula is C42H50N8O10. The molecule has 1 saturated heterocycles. The molecule has 5 atom stereocenters. The topological polar surface area (TPSA) is 269 Å². The summed E-state index contributed by atoms with van der Waals surface area (Å²) in [5.41, 5.74) is 5.69. The number of likely N-dealkylation sites (tertiary alicyclic amines) is 1. The predicted octanol–water partition coefficient (Wildman–Crippen LogP) is 1.35. The zero-order chi connectivity index (χ0) is 43.2. The van der Waals surface area contributed by atoms with E-state index in [4.69, 9.17) is 10.5 Å². The van der Waals surface area contributed by atoms with Gasteiger partial charge in [-0.05, 0) is 36.3 Å². The van der Waals surface area contributed by atoms with Crippen LogP contribution in [-0.2, 0) is 40.1 Å². The second kappa shape index (κ2) is 21.4. The Balaban J connectivity index is 1.33. The van der Waals surface area contributed by atoms with Gasteiger partial charge in [-0.25, -0.2) is 14.8 Å². The van der Waals surface area contributed by atoms with Crippen LogP contribution in [0.25, 0.3) is 0 Å². The number of hydrogen-bond donors (Lipinski definition) is 6. The van der Waals surface area contributed by atoms with Crippen LogP contribution in [0.5, 0.6) is 0 Å². The minimum absolute atomic E-state index is 0.0188. The second-order valence-corrected chi connectivity index (χ2v) is 14.8. The number of aromatic carboxylic acids is 1. The lowest BCUT2D eigenvalue weighted by atomic mass is 9.83. The largest absolute Gasteiger partial charge is 0.476 e. The number of aromatic nitrogens is 2. The highest BCUT2D eigenvalue weighted by Crippen LogP contribution is 2.31. The zero-order valence-corrected chi connectivity index (χ0v) is 33.2. The van der Waals surface area contributed by atoms with E-state index in [-0.39, 0.29) is 31.9 Å². The van der Waals surface area contributed by atoms with E-state index in [2.05, 4.69) is 31.2 Å². The molecule has 18 heteroatoms. The Labute approximate surface area is 346 Å². The number of nitrogens with one attached hydrogen (secondary N) is 4. The number of carboxylic acid groups (broad SMARTS) is 1. The Bertz CT molecular complexity index is 2030. The summed E-state index contributed by atoms with van der Waals surface area (Å²) in [7, 11) is 0. The Hall–Kier alpha value is -6.56. The highest BCUT2D eigenvalue weighted by molar-refractivity contribution is 6.38. The van der Waals surface area contributed by atoms with Crippen molar-refractivity contribution in [3.63, 3.8) is 0 Å². The number of ketones is 1. The number of nitrogens with zero attached hydrogens (tertiary/aromatic N) is 3. The lowest BCUT2D eigenvalue weighted by Crippen LogP contribution is -2.58. The van der Waals surface area contributed by atoms with Crippen LogP contribution in [0, 0.1) is 5.92 Å². The van der Waals surface area contributed by atoms with Gasteiger partial charge < -0.3 is 41.7 Å². The van der Waals surface area contributed by atoms with E-state index >= 15 is 0 Å². The molecule has 3 aromatic rings. The summed E-state index contributed by atoms with van der Waals surface area (Å²) in [6.45, 7) is 1.20. The van der Waals surface area contributed by atoms with E-state index in [0.717, 1.165) is 31.0 Å². The number of hydrogen-bond acceptors (Lipinski definition) is 11. The fourth-order valence-electron chi connectivity index (χ4n) is 7.50. The lowest BCUT2D eigenvalue weighted by Gasteiger charge is -2.34. The van der Waals surface area contributed by atoms with Crippen LogP contribution in [0.15, 0.2) is 73.1 Å². The maximum atomic E-state index is 14.7. The third-order valence-corrected chi connectivity index (χ3v) is 10.5. The van der Waals surface area contributed by atoms with E-state index in [1.165, 1.54) is 11.1 Å². The molecule has 2 heterocycles. The monoisotopic (exact) mass is 826 g/mol. The Morgan fingerprint density at radius 3 is 2.15 bits per heavy atom. The van der Waals surface area contributed by atoms with Crippen LogP contribution in [0.1, 0.15) is 96.4 Å². The molecule has 0 bridgehead atoms. The van der Waals surface area contributed by atoms with Crippen LogP contribution in [0.4, 0.5) is 0 Å². The van der Waals surface area contributed by atoms with Crippen LogP contribution in [0.3, 0.4) is 0 Å². The molecule has 1 aromatic heterocycles. The molecule has 18 nitrogen and oxygen atoms in total. The van der Waals surface area contributed by atoms with Gasteiger partial charge in [0.05, 0.1) is 25.3 Å². The smallest absolute Gasteiger partial charge is 0.356 e. The Morgan fingerprint density at radius 2 is 1.52 bits per heavy atom. The number of carbonyl (C=O) groups excluding carboxylic acids is 7. The van der Waals surface area contributed by atoms with Gasteiger partial charge in [0.1, 0.15) is 18.1 Å². The number of benzene rings is 2. The highest BCUT2D eigenvalue weighted by atomic mass is 16.5. The van der Waals surface area contributed by atoms with Crippen molar-refractivity contribution in [3.05, 3.63) is 95.6 Å². The van der Waals surface area contributed by atoms with Crippen molar-refractivity contribution in [2.24, 2.45) is 11.7 Å². The Kier molecular flexibility index (Phi) is 15.9. The van der Waals surface area contributed by atoms with E-state index in [1.54, 1.807) is 37.3 Å². The van der Waals surface area contributed by atoms with Gasteiger partial charge in [-0.3, -0.25) is 33.6 Å². The maximum Gasteiger partial charge on any atom is 0.356 e. The first-order valence-corrected chi connectivity index (χ1v) is 19.9. The molecule has 5 rings (SSSR count). The molecule has 0 radical (unpaired) electrons. The van der Waals surface area contributed by atoms with Crippen LogP contribution in [-0.4, -0.2) is 104 Å². The molecule has 60 heavy (non-hydrogen) atoms. The summed E-state index contributed by atoms with van der Waals surface area (Å²) in [6, 6.07) is 12.6. The fourth-order valence-corrected chi connectivity index (χ4v) is 7.50. The molecule has 1 saturated carbocycles. The van der Waals surface area contributed by atoms with E-state index < -0.39 is 95.4 Å². The number of rotatable bonds is 19. The molecule has 2 fully saturated rings. The second-order valence-electron chi connectivity index (χ2n) is 14.8. The first-order valence-electron chi connectivity index (χ1n) is 19.9. The van der Waals surface area contributed by atoms with Crippen molar-refractivity contribution in [3.8, 4) is 0 Å². The number of Topliss-reactive ketones (excluding diaryl/α,β-unsaturated/α-hetero) is 1. The molecule has 6 amide bonds. The molecule has 5 unspecified atom stereocenters. The van der Waals surface area contributed by atoms with Gasteiger partial charge in [0, 0.05) is 25.4 Å². The van der Waals surface area contributed by atoms with Gasteiger partial charge in [-0.15, -0.1) is 0 Å². The molecular weight excluding hydrogens is 777 g/mol. The van der Waals surface area contributed by atoms with Crippen molar-refractivity contribution < 1.29 is 48.2 Å². The first-order chi connectivity index (χ1) is 28.9. The van der Waals surface area contributed by atoms with Crippen molar-refractivity contribution in [1.29, 1.82) is 0 Å². The highest BCUT2D eigenvalue weighted by Gasteiger charge is 2.45. The van der Waals surface area contributed by atoms with E-state index in [0.29, 0.717) is 24.8 Å². The molecule has 1 aliphatic carbocycles. The van der Waals surface area contributed by atoms with Gasteiger partial charge in [-0.2, -0.15) is 0 Å². The number of carbonyl (C=O) groups is 8. The molecule has 2 aromatic carbocycles. The van der Waals surface area contributed by atoms with Crippen molar-refractivity contribution >= 4 is 47.2 Å². The minimum Gasteiger partial charge on any atom is -0.476 e. The van der Waals surface area contributed by atoms with Crippen molar-refractivity contribution in [1.82, 2.24) is 36.1 Å². The summed E-state index contributed by atoms with van der Waals surface area (Å²) >= 11 is 0. The number of amides is 6. The van der Waals surface area contributed by atoms with Crippen LogP contribution in [0.2, 0.25) is 0 Å². The van der Waals surface area contributed by atoms with Gasteiger partial charge in [-0.1, -0.05) is 93.3 Å². The van der Waals surface area contributed by atoms with E-state index in [9.17, 15) is 43.5 Å². The maximum absolute atomic E-state index is 14.7. The van der Waals surface area contributed by atoms with Gasteiger partial charge >= 0.3 is 5.97 Å². The summed E-state index contributed by atoms with van der Waals surface area (Å²) in [6.07, 6.45) is 5.75. The third-order valence-electron chi connectivity index (χ3n) is 10.5. The summed E-state index contributed by atoms with van der Waals surface area (Å²) in [5, 5.41) is 19.7. The average molecular weight is 827 g/mol. The van der Waals surface area contributed by atoms with Gasteiger partial charge in [0.2, 0.25) is 29.4 Å². The van der Waals surface area contributed by atoms with Gasteiger partial charge in [0.25, 0.3) is 11.8 Å². The van der Waals surface area contributed by atoms with Crippen molar-refractivity contribution in [2.45, 2.75) is 95.2 Å². The third kappa shape index (κ3) is 11.8. The molecule has 318 valence electrons. The zero-order valence-electron chi connectivity index (χ0n) is 33.2. The van der Waals surface area contributed by atoms with E-state index in [1.807, 2.05) is 30.3 Å². The molecule has 2 aliphatic rings. The summed E-state index contributed by atoms with van der Waals surface area (Å²) in [4.78, 5) is 115. The summed E-state index contributed by atoms with van der Waals surface area (Å²) < 4.78 is 6.19. The SMILES string of the molecule is CCCC(NC(=O)C1CC(OCc2ccccc2)CN1C(=O)C(NC(=O)c1nccnc1C(=O)O)C1CCCCC1)C(=O)C(=O)NCC(=O)NC(C(N)=O)c1ccccc1. The van der Waals surface area contributed by atoms with Gasteiger partial charge in [0.15, 0.2) is 11.4 Å². The molecule has 1 aliphatic heterocycles. The Morgan fingerprint density at radius 1 is 0.867 bits per heavy atom. The quantitative estimate of drug-likeness (QED) is 0.0936. The van der Waals surface area contributed by atoms with Crippen LogP contribution >= 0.6 is 0 Å². The number of nitrogens with two attached hydrogens (primary N) is 1. The molecule has 7 N–H and O–H groups in total. The standard InChI is InChI=1S/C42H50N8O10/c1-2-12-29(36(52)40(56)46-22-31(51)48-32(37(43)53)26-15-8-4-9-16-26)47-38(54)30-21-28(60-24-25-13-6-3-7-14-25)23-50(30)41(57)33(27-17-10-5-11-18-27)49-39(55)34-35(42(58)59)45-20-19-44-34/h3-4,6-9,13-16,19-20,27-30,32-33H,2,5,10-12,17-18,21-24H2,1H3,(H2,43,53)(H,46,56)(H,47,54)(H,48,51)(H,49,55)(H,58,59). The number of ether oxygens (including phenoxy) is 1. The first kappa shape index (κ1) is 44.5. The predicted molar refractivity (Wildman–Crippen MR) is 213 cm³/mol. The average Bonchev–Trinajstić information content (AvgIpc) is 3.70. The van der Waals surface area contributed by atoms with Crippen molar-refractivity contribution in [2.75, 3.05) is 13.1 Å². The lowest BCUT2D eigenvalue weighted by molar-refractivity contribution is -0.143. The normalized spacial score (nSPS) is 18.0. The minimum atomic E-state index is -1.48. The number of primary amides is 1. The number of carboxylic acids is 1. The fraction of sp³-hybridized carbons (Fsp3) is 0.429. The van der Waals surface area contributed by atoms with Crippen LogP contribution < -0.4 is 27.0 Å².